The van der Waals surface area contributed by atoms with E-state index in [1.165, 1.54) is 23.5 Å². The molecule has 0 bridgehead atoms. The summed E-state index contributed by atoms with van der Waals surface area (Å²) in [6, 6.07) is 6.22. The zero-order valence-corrected chi connectivity index (χ0v) is 10.8. The van der Waals surface area contributed by atoms with Crippen LogP contribution in [0.4, 0.5) is 10.1 Å². The van der Waals surface area contributed by atoms with Crippen molar-refractivity contribution in [1.82, 2.24) is 0 Å². The Morgan fingerprint density at radius 2 is 2.22 bits per heavy atom. The van der Waals surface area contributed by atoms with Crippen molar-refractivity contribution in [2.45, 2.75) is 6.54 Å². The highest BCUT2D eigenvalue weighted by atomic mass is 35.5. The SMILES string of the molecule is NC(=O)c1csc(CNc2ccc(Cl)c(F)c2)c1. The molecule has 0 unspecified atom stereocenters. The lowest BCUT2D eigenvalue weighted by Gasteiger charge is -2.05. The monoisotopic (exact) mass is 284 g/mol. The van der Waals surface area contributed by atoms with Crippen LogP contribution in [-0.4, -0.2) is 5.91 Å². The van der Waals surface area contributed by atoms with Crippen LogP contribution in [0.1, 0.15) is 15.2 Å². The predicted molar refractivity (Wildman–Crippen MR) is 71.6 cm³/mol. The molecule has 0 aliphatic heterocycles. The molecular weight excluding hydrogens is 275 g/mol. The summed E-state index contributed by atoms with van der Waals surface area (Å²) in [6.45, 7) is 0.499. The van der Waals surface area contributed by atoms with Crippen molar-refractivity contribution in [2.75, 3.05) is 5.32 Å². The maximum atomic E-state index is 13.2. The van der Waals surface area contributed by atoms with Crippen molar-refractivity contribution in [2.24, 2.45) is 5.73 Å². The van der Waals surface area contributed by atoms with Crippen LogP contribution in [0.2, 0.25) is 5.02 Å². The van der Waals surface area contributed by atoms with Crippen LogP contribution in [0.3, 0.4) is 0 Å². The molecule has 3 N–H and O–H groups in total. The van der Waals surface area contributed by atoms with Gasteiger partial charge in [0.15, 0.2) is 0 Å². The van der Waals surface area contributed by atoms with E-state index < -0.39 is 11.7 Å². The van der Waals surface area contributed by atoms with Gasteiger partial charge in [-0.05, 0) is 24.3 Å². The molecule has 0 atom stereocenters. The summed E-state index contributed by atoms with van der Waals surface area (Å²) >= 11 is 7.01. The van der Waals surface area contributed by atoms with E-state index in [-0.39, 0.29) is 5.02 Å². The second-order valence-corrected chi connectivity index (χ2v) is 5.05. The highest BCUT2D eigenvalue weighted by Crippen LogP contribution is 2.20. The summed E-state index contributed by atoms with van der Waals surface area (Å²) in [4.78, 5) is 11.9. The van der Waals surface area contributed by atoms with Crippen molar-refractivity contribution in [3.05, 3.63) is 50.9 Å². The van der Waals surface area contributed by atoms with Gasteiger partial charge in [-0.15, -0.1) is 11.3 Å². The number of hydrogen-bond acceptors (Lipinski definition) is 3. The zero-order valence-electron chi connectivity index (χ0n) is 9.24. The number of rotatable bonds is 4. The van der Waals surface area contributed by atoms with Gasteiger partial charge in [-0.1, -0.05) is 11.6 Å². The molecule has 0 radical (unpaired) electrons. The average Bonchev–Trinajstić information content (AvgIpc) is 2.79. The Balaban J connectivity index is 2.02. The minimum absolute atomic E-state index is 0.0905. The quantitative estimate of drug-likeness (QED) is 0.905. The number of amides is 1. The Hall–Kier alpha value is -1.59. The molecule has 6 heteroatoms. The first-order valence-corrected chi connectivity index (χ1v) is 6.38. The summed E-state index contributed by atoms with van der Waals surface area (Å²) in [5.41, 5.74) is 6.27. The summed E-state index contributed by atoms with van der Waals surface area (Å²) in [5, 5.41) is 4.83. The molecule has 1 aromatic heterocycles. The molecule has 0 spiro atoms. The normalized spacial score (nSPS) is 10.3. The summed E-state index contributed by atoms with van der Waals surface area (Å²) < 4.78 is 13.2. The predicted octanol–water partition coefficient (Wildman–Crippen LogP) is 3.25. The number of carbonyl (C=O) groups is 1. The van der Waals surface area contributed by atoms with Crippen LogP contribution in [0.25, 0.3) is 0 Å². The van der Waals surface area contributed by atoms with E-state index in [1.54, 1.807) is 17.5 Å². The fraction of sp³-hybridized carbons (Fsp3) is 0.0833. The van der Waals surface area contributed by atoms with Gasteiger partial charge < -0.3 is 11.1 Å². The molecule has 3 nitrogen and oxygen atoms in total. The molecule has 0 fully saturated rings. The first-order chi connectivity index (χ1) is 8.56. The van der Waals surface area contributed by atoms with Crippen molar-refractivity contribution in [1.29, 1.82) is 0 Å². The van der Waals surface area contributed by atoms with Crippen LogP contribution in [-0.2, 0) is 6.54 Å². The van der Waals surface area contributed by atoms with E-state index in [1.807, 2.05) is 0 Å². The molecule has 0 aliphatic carbocycles. The lowest BCUT2D eigenvalue weighted by Crippen LogP contribution is -2.09. The van der Waals surface area contributed by atoms with Crippen LogP contribution in [0, 0.1) is 5.82 Å². The van der Waals surface area contributed by atoms with Gasteiger partial charge in [-0.3, -0.25) is 4.79 Å². The highest BCUT2D eigenvalue weighted by Gasteiger charge is 2.05. The largest absolute Gasteiger partial charge is 0.380 e. The standard InChI is InChI=1S/C12H10ClFN2OS/c13-10-2-1-8(4-11(10)14)16-5-9-3-7(6-18-9)12(15)17/h1-4,6,16H,5H2,(H2,15,17). The van der Waals surface area contributed by atoms with Crippen LogP contribution >= 0.6 is 22.9 Å². The highest BCUT2D eigenvalue weighted by molar-refractivity contribution is 7.10. The van der Waals surface area contributed by atoms with Gasteiger partial charge >= 0.3 is 0 Å². The molecule has 18 heavy (non-hydrogen) atoms. The Kier molecular flexibility index (Phi) is 3.84. The Morgan fingerprint density at radius 3 is 2.83 bits per heavy atom. The van der Waals surface area contributed by atoms with Gasteiger partial charge in [-0.2, -0.15) is 0 Å². The first-order valence-electron chi connectivity index (χ1n) is 5.12. The van der Waals surface area contributed by atoms with Gasteiger partial charge in [0.2, 0.25) is 5.91 Å². The number of carbonyl (C=O) groups excluding carboxylic acids is 1. The maximum Gasteiger partial charge on any atom is 0.249 e. The van der Waals surface area contributed by atoms with Crippen LogP contribution in [0.5, 0.6) is 0 Å². The minimum atomic E-state index is -0.467. The molecule has 1 heterocycles. The molecule has 1 aromatic carbocycles. The average molecular weight is 285 g/mol. The number of hydrogen-bond donors (Lipinski definition) is 2. The number of primary amides is 1. The summed E-state index contributed by atoms with van der Waals surface area (Å²) in [6.07, 6.45) is 0. The molecule has 2 aromatic rings. The molecule has 2 rings (SSSR count). The zero-order chi connectivity index (χ0) is 13.1. The van der Waals surface area contributed by atoms with Crippen molar-refractivity contribution >= 4 is 34.5 Å². The number of nitrogens with one attached hydrogen (secondary N) is 1. The Morgan fingerprint density at radius 1 is 1.44 bits per heavy atom. The number of benzene rings is 1. The molecule has 94 valence electrons. The fourth-order valence-electron chi connectivity index (χ4n) is 1.40. The third-order valence-corrected chi connectivity index (χ3v) is 3.57. The van der Waals surface area contributed by atoms with Gasteiger partial charge in [0.25, 0.3) is 0 Å². The van der Waals surface area contributed by atoms with Crippen LogP contribution < -0.4 is 11.1 Å². The van der Waals surface area contributed by atoms with E-state index in [0.29, 0.717) is 17.8 Å². The minimum Gasteiger partial charge on any atom is -0.380 e. The Labute approximate surface area is 112 Å². The van der Waals surface area contributed by atoms with Crippen LogP contribution in [0.15, 0.2) is 29.6 Å². The number of halogens is 2. The van der Waals surface area contributed by atoms with E-state index in [9.17, 15) is 9.18 Å². The lowest BCUT2D eigenvalue weighted by atomic mass is 10.3. The van der Waals surface area contributed by atoms with Gasteiger partial charge in [0, 0.05) is 22.5 Å². The fourth-order valence-corrected chi connectivity index (χ4v) is 2.33. The molecule has 1 amide bonds. The summed E-state index contributed by atoms with van der Waals surface area (Å²) in [7, 11) is 0. The topological polar surface area (TPSA) is 55.1 Å². The van der Waals surface area contributed by atoms with Gasteiger partial charge in [0.1, 0.15) is 5.82 Å². The maximum absolute atomic E-state index is 13.2. The third-order valence-electron chi connectivity index (χ3n) is 2.32. The summed E-state index contributed by atoms with van der Waals surface area (Å²) in [5.74, 6) is -0.916. The van der Waals surface area contributed by atoms with E-state index in [2.05, 4.69) is 5.32 Å². The number of nitrogens with two attached hydrogens (primary N) is 1. The second-order valence-electron chi connectivity index (χ2n) is 3.65. The number of thiophene rings is 1. The van der Waals surface area contributed by atoms with Gasteiger partial charge in [0.05, 0.1) is 10.6 Å². The van der Waals surface area contributed by atoms with Crippen molar-refractivity contribution in [3.63, 3.8) is 0 Å². The molecule has 0 aliphatic rings. The molecule has 0 saturated carbocycles. The number of anilines is 1. The molecule has 0 saturated heterocycles. The first kappa shape index (κ1) is 12.9. The second kappa shape index (κ2) is 5.37. The van der Waals surface area contributed by atoms with Gasteiger partial charge in [-0.25, -0.2) is 4.39 Å². The van der Waals surface area contributed by atoms with E-state index in [4.69, 9.17) is 17.3 Å². The van der Waals surface area contributed by atoms with Crippen molar-refractivity contribution < 1.29 is 9.18 Å². The van der Waals surface area contributed by atoms with Crippen molar-refractivity contribution in [3.8, 4) is 0 Å². The smallest absolute Gasteiger partial charge is 0.249 e. The van der Waals surface area contributed by atoms with E-state index >= 15 is 0 Å². The Bertz CT molecular complexity index is 585. The lowest BCUT2D eigenvalue weighted by molar-refractivity contribution is 0.100. The molecular formula is C12H10ClFN2OS. The van der Waals surface area contributed by atoms with E-state index in [0.717, 1.165) is 4.88 Å². The third kappa shape index (κ3) is 3.00.